The van der Waals surface area contributed by atoms with Crippen molar-refractivity contribution in [2.45, 2.75) is 374 Å². The summed E-state index contributed by atoms with van der Waals surface area (Å²) in [6.45, 7) is 6.58. The molecule has 0 N–H and O–H groups in total. The molecule has 1 atom stereocenters. The number of hydrogen-bond acceptors (Lipinski definition) is 6. The minimum absolute atomic E-state index is 0.0785. The predicted molar refractivity (Wildman–Crippen MR) is 353 cm³/mol. The Balaban J connectivity index is 4.39. The van der Waals surface area contributed by atoms with Gasteiger partial charge in [0.2, 0.25) is 0 Å². The van der Waals surface area contributed by atoms with Crippen LogP contribution in [0.3, 0.4) is 0 Å². The first kappa shape index (κ1) is 77.9. The lowest BCUT2D eigenvalue weighted by Crippen LogP contribution is -2.30. The molecule has 0 fully saturated rings. The number of allylic oxidation sites excluding steroid dienone is 12. The van der Waals surface area contributed by atoms with Gasteiger partial charge in [-0.05, 0) is 70.6 Å². The van der Waals surface area contributed by atoms with Gasteiger partial charge in [-0.2, -0.15) is 0 Å². The molecule has 0 aromatic carbocycles. The zero-order chi connectivity index (χ0) is 58.5. The zero-order valence-corrected chi connectivity index (χ0v) is 54.1. The number of unbranched alkanes of at least 4 members (excludes halogenated alkanes) is 42. The Morgan fingerprint density at radius 2 is 0.481 bits per heavy atom. The van der Waals surface area contributed by atoms with Crippen molar-refractivity contribution in [1.29, 1.82) is 0 Å². The third-order valence-electron chi connectivity index (χ3n) is 15.7. The topological polar surface area (TPSA) is 78.9 Å². The lowest BCUT2D eigenvalue weighted by atomic mass is 10.0. The summed E-state index contributed by atoms with van der Waals surface area (Å²) < 4.78 is 17.0. The van der Waals surface area contributed by atoms with Crippen LogP contribution in [0.5, 0.6) is 0 Å². The Kier molecular flexibility index (Phi) is 66.6. The fourth-order valence-electron chi connectivity index (χ4n) is 10.5. The van der Waals surface area contributed by atoms with Gasteiger partial charge in [-0.25, -0.2) is 0 Å². The van der Waals surface area contributed by atoms with Crippen LogP contribution < -0.4 is 0 Å². The summed E-state index contributed by atoms with van der Waals surface area (Å²) in [4.78, 5) is 38.5. The Labute approximate surface area is 503 Å². The van der Waals surface area contributed by atoms with Crippen molar-refractivity contribution in [2.75, 3.05) is 13.2 Å². The second-order valence-electron chi connectivity index (χ2n) is 23.8. The van der Waals surface area contributed by atoms with Gasteiger partial charge in [0.25, 0.3) is 0 Å². The van der Waals surface area contributed by atoms with Crippen molar-refractivity contribution < 1.29 is 28.6 Å². The fraction of sp³-hybridized carbons (Fsp3) is 0.800. The first-order valence-electron chi connectivity index (χ1n) is 35.4. The van der Waals surface area contributed by atoms with E-state index >= 15 is 0 Å². The minimum Gasteiger partial charge on any atom is -0.462 e. The van der Waals surface area contributed by atoms with E-state index in [0.29, 0.717) is 19.3 Å². The van der Waals surface area contributed by atoms with Gasteiger partial charge >= 0.3 is 17.9 Å². The van der Waals surface area contributed by atoms with E-state index in [1.54, 1.807) is 0 Å². The highest BCUT2D eigenvalue weighted by Crippen LogP contribution is 2.18. The Morgan fingerprint density at radius 3 is 0.753 bits per heavy atom. The van der Waals surface area contributed by atoms with Crippen LogP contribution in [0.15, 0.2) is 72.9 Å². The van der Waals surface area contributed by atoms with Crippen molar-refractivity contribution in [3.05, 3.63) is 72.9 Å². The molecule has 0 aromatic rings. The summed E-state index contributed by atoms with van der Waals surface area (Å²) in [5.74, 6) is -0.879. The monoisotopic (exact) mass is 1130 g/mol. The third-order valence-corrected chi connectivity index (χ3v) is 15.7. The van der Waals surface area contributed by atoms with Crippen LogP contribution in [0.1, 0.15) is 367 Å². The summed E-state index contributed by atoms with van der Waals surface area (Å²) in [5.41, 5.74) is 0. The molecule has 0 amide bonds. The molecular formula is C75H134O6. The van der Waals surface area contributed by atoms with Crippen LogP contribution in [-0.2, 0) is 28.6 Å². The molecule has 81 heavy (non-hydrogen) atoms. The predicted octanol–water partition coefficient (Wildman–Crippen LogP) is 24.4. The molecule has 0 rings (SSSR count). The van der Waals surface area contributed by atoms with Crippen LogP contribution >= 0.6 is 0 Å². The van der Waals surface area contributed by atoms with Gasteiger partial charge in [0, 0.05) is 19.3 Å². The van der Waals surface area contributed by atoms with Gasteiger partial charge in [-0.15, -0.1) is 0 Å². The molecule has 0 aliphatic rings. The van der Waals surface area contributed by atoms with Crippen LogP contribution in [0, 0.1) is 0 Å². The minimum atomic E-state index is -0.785. The molecule has 0 heterocycles. The standard InChI is InChI=1S/C75H134O6/c1-4-7-10-13-16-19-22-25-28-31-34-36-37-39-41-44-47-50-53-56-59-62-65-68-74(77)80-71-72(70-79-73(76)67-64-61-58-55-52-49-46-43-40-33-30-27-24-21-18-15-12-9-6-3)81-75(78)69-66-63-60-57-54-51-48-45-42-38-35-32-29-26-23-20-17-14-11-8-5-2/h7,10,16,19,25,28,34,36,39,41,47,50,72H,4-6,8-9,11-15,17-18,20-24,26-27,29-33,35,37-38,40,42-46,48-49,51-71H2,1-3H3/b10-7-,19-16-,28-25-,36-34-,41-39-,50-47-. The number of carbonyl (C=O) groups excluding carboxylic acids is 3. The van der Waals surface area contributed by atoms with Crippen molar-refractivity contribution in [3.63, 3.8) is 0 Å². The molecule has 0 aliphatic carbocycles. The van der Waals surface area contributed by atoms with E-state index in [2.05, 4.69) is 93.7 Å². The SMILES string of the molecule is CC/C=C\C/C=C\C/C=C\C/C=C\C/C=C\C/C=C\CCCCCCC(=O)OCC(COC(=O)CCCCCCCCCCCCCCCCCCCCC)OC(=O)CCCCCCCCCCCCCCCCCCCCCCC. The lowest BCUT2D eigenvalue weighted by Gasteiger charge is -2.18. The molecule has 0 aromatic heterocycles. The smallest absolute Gasteiger partial charge is 0.306 e. The Morgan fingerprint density at radius 1 is 0.259 bits per heavy atom. The van der Waals surface area contributed by atoms with Crippen molar-refractivity contribution in [2.24, 2.45) is 0 Å². The number of carbonyl (C=O) groups is 3. The first-order chi connectivity index (χ1) is 40.0. The molecule has 6 nitrogen and oxygen atoms in total. The van der Waals surface area contributed by atoms with E-state index in [0.717, 1.165) is 109 Å². The number of ether oxygens (including phenoxy) is 3. The summed E-state index contributed by atoms with van der Waals surface area (Å²) >= 11 is 0. The van der Waals surface area contributed by atoms with Crippen LogP contribution in [0.25, 0.3) is 0 Å². The van der Waals surface area contributed by atoms with Crippen LogP contribution in [0.2, 0.25) is 0 Å². The van der Waals surface area contributed by atoms with E-state index < -0.39 is 6.10 Å². The molecule has 0 saturated heterocycles. The van der Waals surface area contributed by atoms with Gasteiger partial charge in [-0.1, -0.05) is 351 Å². The lowest BCUT2D eigenvalue weighted by molar-refractivity contribution is -0.167. The second-order valence-corrected chi connectivity index (χ2v) is 23.8. The highest BCUT2D eigenvalue weighted by atomic mass is 16.6. The molecule has 0 bridgehead atoms. The normalized spacial score (nSPS) is 12.5. The van der Waals surface area contributed by atoms with E-state index in [1.807, 2.05) is 0 Å². The average Bonchev–Trinajstić information content (AvgIpc) is 3.47. The highest BCUT2D eigenvalue weighted by molar-refractivity contribution is 5.71. The van der Waals surface area contributed by atoms with Crippen molar-refractivity contribution >= 4 is 17.9 Å². The Hall–Kier alpha value is -3.15. The fourth-order valence-corrected chi connectivity index (χ4v) is 10.5. The van der Waals surface area contributed by atoms with E-state index in [1.165, 1.54) is 218 Å². The number of esters is 3. The maximum Gasteiger partial charge on any atom is 0.306 e. The van der Waals surface area contributed by atoms with Crippen molar-refractivity contribution in [3.8, 4) is 0 Å². The van der Waals surface area contributed by atoms with Crippen molar-refractivity contribution in [1.82, 2.24) is 0 Å². The van der Waals surface area contributed by atoms with Crippen LogP contribution in [0.4, 0.5) is 0 Å². The van der Waals surface area contributed by atoms with Gasteiger partial charge in [-0.3, -0.25) is 14.4 Å². The molecule has 0 saturated carbocycles. The quantitative estimate of drug-likeness (QED) is 0.0261. The van der Waals surface area contributed by atoms with Gasteiger partial charge < -0.3 is 14.2 Å². The van der Waals surface area contributed by atoms with E-state index in [-0.39, 0.29) is 31.1 Å². The molecule has 0 aliphatic heterocycles. The van der Waals surface area contributed by atoms with Gasteiger partial charge in [0.1, 0.15) is 13.2 Å². The summed E-state index contributed by atoms with van der Waals surface area (Å²) in [5, 5.41) is 0. The number of rotatable bonds is 65. The third kappa shape index (κ3) is 67.5. The van der Waals surface area contributed by atoms with Gasteiger partial charge in [0.15, 0.2) is 6.10 Å². The Bertz CT molecular complexity index is 1490. The first-order valence-corrected chi connectivity index (χ1v) is 35.4. The summed E-state index contributed by atoms with van der Waals surface area (Å²) in [6.07, 6.45) is 90.6. The summed E-state index contributed by atoms with van der Waals surface area (Å²) in [7, 11) is 0. The highest BCUT2D eigenvalue weighted by Gasteiger charge is 2.19. The van der Waals surface area contributed by atoms with E-state index in [9.17, 15) is 14.4 Å². The largest absolute Gasteiger partial charge is 0.462 e. The number of hydrogen-bond donors (Lipinski definition) is 0. The molecular weight excluding hydrogens is 997 g/mol. The van der Waals surface area contributed by atoms with Crippen LogP contribution in [-0.4, -0.2) is 37.2 Å². The molecule has 470 valence electrons. The maximum atomic E-state index is 13.0. The summed E-state index contributed by atoms with van der Waals surface area (Å²) in [6, 6.07) is 0. The molecule has 6 heteroatoms. The second kappa shape index (κ2) is 69.3. The van der Waals surface area contributed by atoms with Gasteiger partial charge in [0.05, 0.1) is 0 Å². The molecule has 0 radical (unpaired) electrons. The zero-order valence-electron chi connectivity index (χ0n) is 54.1. The molecule has 0 spiro atoms. The molecule has 1 unspecified atom stereocenters. The maximum absolute atomic E-state index is 13.0. The average molecular weight is 1130 g/mol. The van der Waals surface area contributed by atoms with E-state index in [4.69, 9.17) is 14.2 Å².